The van der Waals surface area contributed by atoms with Crippen molar-refractivity contribution in [2.24, 2.45) is 0 Å². The minimum Gasteiger partial charge on any atom is -0.497 e. The molecule has 0 aliphatic carbocycles. The van der Waals surface area contributed by atoms with E-state index in [9.17, 15) is 8.42 Å². The third kappa shape index (κ3) is 4.81. The minimum atomic E-state index is -3.75. The number of thiazole rings is 1. The second-order valence-corrected chi connectivity index (χ2v) is 9.59. The summed E-state index contributed by atoms with van der Waals surface area (Å²) in [4.78, 5) is 8.12. The van der Waals surface area contributed by atoms with E-state index in [2.05, 4.69) is 14.6 Å². The molecule has 1 aromatic heterocycles. The maximum Gasteiger partial charge on any atom is 0.263 e. The van der Waals surface area contributed by atoms with Crippen molar-refractivity contribution in [3.63, 3.8) is 0 Å². The van der Waals surface area contributed by atoms with E-state index in [4.69, 9.17) is 9.47 Å². The molecule has 1 aliphatic rings. The van der Waals surface area contributed by atoms with E-state index in [-0.39, 0.29) is 4.90 Å². The molecule has 2 heterocycles. The molecule has 0 bridgehead atoms. The molecule has 1 saturated heterocycles. The third-order valence-corrected chi connectivity index (χ3v) is 7.25. The molecule has 2 aromatic carbocycles. The van der Waals surface area contributed by atoms with E-state index >= 15 is 0 Å². The molecular formula is C21H23N3O4S2. The zero-order chi connectivity index (χ0) is 21.0. The number of hydrogen-bond donors (Lipinski definition) is 1. The molecule has 9 heteroatoms. The zero-order valence-corrected chi connectivity index (χ0v) is 18.2. The summed E-state index contributed by atoms with van der Waals surface area (Å²) in [5.41, 5.74) is 1.77. The molecule has 3 aromatic rings. The van der Waals surface area contributed by atoms with Gasteiger partial charge in [0.25, 0.3) is 10.0 Å². The molecule has 4 rings (SSSR count). The molecule has 0 atom stereocenters. The number of aromatic nitrogens is 1. The molecule has 0 unspecified atom stereocenters. The zero-order valence-electron chi connectivity index (χ0n) is 16.6. The number of rotatable bonds is 7. The minimum absolute atomic E-state index is 0.162. The molecule has 30 heavy (non-hydrogen) atoms. The lowest BCUT2D eigenvalue weighted by Crippen LogP contribution is -2.35. The van der Waals surface area contributed by atoms with Gasteiger partial charge in [0.2, 0.25) is 0 Å². The summed E-state index contributed by atoms with van der Waals surface area (Å²) in [5, 5.41) is 0.355. The fraction of sp³-hybridized carbons (Fsp3) is 0.286. The molecule has 7 nitrogen and oxygen atoms in total. The standard InChI is InChI=1S/C21H23N3O4S2/c1-27-17-7-9-18(10-8-17)30(25,26)23-21-22-20(16-5-3-2-4-6-16)19(29-21)15-24-11-13-28-14-12-24/h2-10H,11-15H2,1H3,(H,22,23). The van der Waals surface area contributed by atoms with Crippen molar-refractivity contribution in [3.05, 3.63) is 59.5 Å². The number of methoxy groups -OCH3 is 1. The first-order valence-corrected chi connectivity index (χ1v) is 11.9. The smallest absolute Gasteiger partial charge is 0.263 e. The van der Waals surface area contributed by atoms with Crippen LogP contribution in [0.15, 0.2) is 59.5 Å². The van der Waals surface area contributed by atoms with Crippen LogP contribution in [-0.4, -0.2) is 51.7 Å². The van der Waals surface area contributed by atoms with Crippen LogP contribution in [0.25, 0.3) is 11.3 Å². The molecule has 158 valence electrons. The molecule has 1 N–H and O–H groups in total. The Balaban J connectivity index is 1.62. The molecule has 0 spiro atoms. The maximum atomic E-state index is 12.8. The Bertz CT molecular complexity index is 1080. The molecule has 0 amide bonds. The van der Waals surface area contributed by atoms with E-state index in [1.807, 2.05) is 30.3 Å². The van der Waals surface area contributed by atoms with Crippen LogP contribution in [0.1, 0.15) is 4.88 Å². The molecule has 0 radical (unpaired) electrons. The van der Waals surface area contributed by atoms with Gasteiger partial charge in [0.1, 0.15) is 5.75 Å². The summed E-state index contributed by atoms with van der Waals surface area (Å²) in [7, 11) is -2.21. The van der Waals surface area contributed by atoms with Gasteiger partial charge in [0, 0.05) is 30.1 Å². The summed E-state index contributed by atoms with van der Waals surface area (Å²) in [6, 6.07) is 16.1. The third-order valence-electron chi connectivity index (χ3n) is 4.81. The first-order valence-electron chi connectivity index (χ1n) is 9.57. The lowest BCUT2D eigenvalue weighted by Gasteiger charge is -2.26. The van der Waals surface area contributed by atoms with Gasteiger partial charge in [-0.3, -0.25) is 9.62 Å². The molecular weight excluding hydrogens is 422 g/mol. The number of ether oxygens (including phenoxy) is 2. The van der Waals surface area contributed by atoms with Gasteiger partial charge in [-0.15, -0.1) is 0 Å². The SMILES string of the molecule is COc1ccc(S(=O)(=O)Nc2nc(-c3ccccc3)c(CN3CCOCC3)s2)cc1. The van der Waals surface area contributed by atoms with Crippen LogP contribution in [0.5, 0.6) is 5.75 Å². The summed E-state index contributed by atoms with van der Waals surface area (Å²) in [5.74, 6) is 0.599. The van der Waals surface area contributed by atoms with Crippen molar-refractivity contribution in [2.75, 3.05) is 38.1 Å². The average molecular weight is 446 g/mol. The van der Waals surface area contributed by atoms with Gasteiger partial charge in [-0.25, -0.2) is 13.4 Å². The molecule has 1 fully saturated rings. The first-order chi connectivity index (χ1) is 14.5. The summed E-state index contributed by atoms with van der Waals surface area (Å²) in [6.07, 6.45) is 0. The van der Waals surface area contributed by atoms with Crippen molar-refractivity contribution < 1.29 is 17.9 Å². The quantitative estimate of drug-likeness (QED) is 0.600. The normalized spacial score (nSPS) is 15.1. The van der Waals surface area contributed by atoms with E-state index in [0.29, 0.717) is 30.6 Å². The largest absolute Gasteiger partial charge is 0.497 e. The Morgan fingerprint density at radius 2 is 1.80 bits per heavy atom. The second kappa shape index (κ2) is 9.13. The van der Waals surface area contributed by atoms with Gasteiger partial charge in [-0.1, -0.05) is 41.7 Å². The fourth-order valence-corrected chi connectivity index (χ4v) is 5.48. The average Bonchev–Trinajstić information content (AvgIpc) is 3.16. The van der Waals surface area contributed by atoms with Crippen LogP contribution in [0.2, 0.25) is 0 Å². The predicted molar refractivity (Wildman–Crippen MR) is 117 cm³/mol. The van der Waals surface area contributed by atoms with Crippen LogP contribution >= 0.6 is 11.3 Å². The number of sulfonamides is 1. The number of nitrogens with zero attached hydrogens (tertiary/aromatic N) is 2. The summed E-state index contributed by atoms with van der Waals surface area (Å²) in [6.45, 7) is 3.81. The van der Waals surface area contributed by atoms with E-state index in [1.165, 1.54) is 23.5 Å². The van der Waals surface area contributed by atoms with Gasteiger partial charge in [0.15, 0.2) is 5.13 Å². The van der Waals surface area contributed by atoms with Crippen molar-refractivity contribution in [1.82, 2.24) is 9.88 Å². The van der Waals surface area contributed by atoms with Crippen molar-refractivity contribution in [1.29, 1.82) is 0 Å². The highest BCUT2D eigenvalue weighted by atomic mass is 32.2. The Labute approximate surface area is 180 Å². The van der Waals surface area contributed by atoms with Gasteiger partial charge in [0.05, 0.1) is 30.9 Å². The molecule has 1 aliphatic heterocycles. The van der Waals surface area contributed by atoms with Gasteiger partial charge in [-0.05, 0) is 24.3 Å². The lowest BCUT2D eigenvalue weighted by molar-refractivity contribution is 0.0347. The highest BCUT2D eigenvalue weighted by Crippen LogP contribution is 2.33. The number of benzene rings is 2. The Kier molecular flexibility index (Phi) is 6.33. The van der Waals surface area contributed by atoms with E-state index < -0.39 is 10.0 Å². The van der Waals surface area contributed by atoms with Crippen LogP contribution < -0.4 is 9.46 Å². The lowest BCUT2D eigenvalue weighted by atomic mass is 10.1. The number of morpholine rings is 1. The van der Waals surface area contributed by atoms with Crippen LogP contribution in [0, 0.1) is 0 Å². The Hall–Kier alpha value is -2.46. The number of hydrogen-bond acceptors (Lipinski definition) is 7. The van der Waals surface area contributed by atoms with Crippen LogP contribution in [0.4, 0.5) is 5.13 Å². The van der Waals surface area contributed by atoms with Crippen LogP contribution in [-0.2, 0) is 21.3 Å². The Morgan fingerprint density at radius 3 is 2.47 bits per heavy atom. The number of nitrogens with one attached hydrogen (secondary N) is 1. The maximum absolute atomic E-state index is 12.8. The first kappa shape index (κ1) is 20.8. The number of anilines is 1. The van der Waals surface area contributed by atoms with Gasteiger partial charge in [-0.2, -0.15) is 0 Å². The van der Waals surface area contributed by atoms with E-state index in [1.54, 1.807) is 19.2 Å². The van der Waals surface area contributed by atoms with Crippen molar-refractivity contribution in [2.45, 2.75) is 11.4 Å². The van der Waals surface area contributed by atoms with Gasteiger partial charge < -0.3 is 9.47 Å². The summed E-state index contributed by atoms with van der Waals surface area (Å²) >= 11 is 1.37. The van der Waals surface area contributed by atoms with Gasteiger partial charge >= 0.3 is 0 Å². The van der Waals surface area contributed by atoms with Crippen molar-refractivity contribution >= 4 is 26.5 Å². The monoisotopic (exact) mass is 445 g/mol. The van der Waals surface area contributed by atoms with E-state index in [0.717, 1.165) is 29.2 Å². The summed E-state index contributed by atoms with van der Waals surface area (Å²) < 4.78 is 38.8. The predicted octanol–water partition coefficient (Wildman–Crippen LogP) is 3.45. The van der Waals surface area contributed by atoms with Crippen molar-refractivity contribution in [3.8, 4) is 17.0 Å². The Morgan fingerprint density at radius 1 is 1.10 bits per heavy atom. The highest BCUT2D eigenvalue weighted by Gasteiger charge is 2.21. The molecule has 0 saturated carbocycles. The highest BCUT2D eigenvalue weighted by molar-refractivity contribution is 7.93. The topological polar surface area (TPSA) is 80.8 Å². The second-order valence-electron chi connectivity index (χ2n) is 6.83. The van der Waals surface area contributed by atoms with Crippen LogP contribution in [0.3, 0.4) is 0 Å². The fourth-order valence-electron chi connectivity index (χ4n) is 3.22.